The Morgan fingerprint density at radius 2 is 1.35 bits per heavy atom. The molecule has 2 nitrogen and oxygen atoms in total. The van der Waals surface area contributed by atoms with Crippen molar-refractivity contribution in [3.63, 3.8) is 0 Å². The Bertz CT molecular complexity index is 440. The molecule has 2 rings (SSSR count). The normalized spacial score (nSPS) is 9.94. The first-order valence-corrected chi connectivity index (χ1v) is 5.40. The second kappa shape index (κ2) is 5.89. The summed E-state index contributed by atoms with van der Waals surface area (Å²) in [7, 11) is 0. The lowest BCUT2D eigenvalue weighted by Crippen LogP contribution is -1.98. The summed E-state index contributed by atoms with van der Waals surface area (Å²) in [5.74, 6) is 2.15. The van der Waals surface area contributed by atoms with Gasteiger partial charge in [0.1, 0.15) is 30.5 Å². The van der Waals surface area contributed by atoms with Crippen LogP contribution in [-0.2, 0) is 0 Å². The van der Waals surface area contributed by atoms with E-state index >= 15 is 0 Å². The summed E-state index contributed by atoms with van der Waals surface area (Å²) < 4.78 is 22.6. The van der Waals surface area contributed by atoms with Crippen molar-refractivity contribution in [3.8, 4) is 17.2 Å². The molecule has 0 bridgehead atoms. The third-order valence-corrected chi connectivity index (χ3v) is 2.15. The van der Waals surface area contributed by atoms with Gasteiger partial charge in [-0.3, -0.25) is 0 Å². The van der Waals surface area contributed by atoms with Gasteiger partial charge in [-0.2, -0.15) is 0 Å². The number of ether oxygens (including phenoxy) is 2. The largest absolute Gasteiger partial charge is 0.491 e. The number of alkyl halides is 1. The minimum atomic E-state index is -0.484. The van der Waals surface area contributed by atoms with Gasteiger partial charge in [0.25, 0.3) is 0 Å². The summed E-state index contributed by atoms with van der Waals surface area (Å²) in [5.41, 5.74) is 0. The lowest BCUT2D eigenvalue weighted by molar-refractivity contribution is 0.273. The zero-order valence-electron chi connectivity index (χ0n) is 9.30. The summed E-state index contributed by atoms with van der Waals surface area (Å²) >= 11 is 0. The van der Waals surface area contributed by atoms with Crippen molar-refractivity contribution in [2.24, 2.45) is 0 Å². The smallest absolute Gasteiger partial charge is 0.127 e. The maximum atomic E-state index is 11.9. The highest BCUT2D eigenvalue weighted by Gasteiger charge is 1.97. The summed E-state index contributed by atoms with van der Waals surface area (Å²) in [6.07, 6.45) is 0. The maximum absolute atomic E-state index is 11.9. The first-order valence-electron chi connectivity index (χ1n) is 5.40. The first kappa shape index (κ1) is 11.5. The fourth-order valence-corrected chi connectivity index (χ4v) is 1.38. The molecule has 0 N–H and O–H groups in total. The molecular formula is C14H13FO2. The van der Waals surface area contributed by atoms with Gasteiger partial charge in [0.05, 0.1) is 0 Å². The lowest BCUT2D eigenvalue weighted by atomic mass is 10.3. The van der Waals surface area contributed by atoms with Crippen LogP contribution in [0.2, 0.25) is 0 Å². The third kappa shape index (κ3) is 3.48. The van der Waals surface area contributed by atoms with E-state index in [0.717, 1.165) is 11.5 Å². The molecule has 2 aromatic rings. The third-order valence-electron chi connectivity index (χ3n) is 2.15. The van der Waals surface area contributed by atoms with Crippen molar-refractivity contribution in [2.75, 3.05) is 13.3 Å². The number of rotatable bonds is 5. The van der Waals surface area contributed by atoms with Crippen LogP contribution in [0.4, 0.5) is 4.39 Å². The van der Waals surface area contributed by atoms with Gasteiger partial charge in [-0.25, -0.2) is 4.39 Å². The second-order valence-corrected chi connectivity index (χ2v) is 3.42. The molecule has 0 aliphatic carbocycles. The van der Waals surface area contributed by atoms with E-state index in [1.54, 1.807) is 24.3 Å². The average Bonchev–Trinajstić information content (AvgIpc) is 2.39. The lowest BCUT2D eigenvalue weighted by Gasteiger charge is -2.07. The van der Waals surface area contributed by atoms with Crippen molar-refractivity contribution in [3.05, 3.63) is 54.6 Å². The fourth-order valence-electron chi connectivity index (χ4n) is 1.38. The van der Waals surface area contributed by atoms with Gasteiger partial charge in [0, 0.05) is 0 Å². The summed E-state index contributed by atoms with van der Waals surface area (Å²) in [5, 5.41) is 0. The quantitative estimate of drug-likeness (QED) is 0.780. The molecule has 0 saturated carbocycles. The molecule has 0 saturated heterocycles. The van der Waals surface area contributed by atoms with Gasteiger partial charge in [-0.05, 0) is 36.4 Å². The molecule has 0 amide bonds. The van der Waals surface area contributed by atoms with Gasteiger partial charge in [-0.1, -0.05) is 18.2 Å². The van der Waals surface area contributed by atoms with Crippen molar-refractivity contribution in [1.82, 2.24) is 0 Å². The topological polar surface area (TPSA) is 18.5 Å². The predicted octanol–water partition coefficient (Wildman–Crippen LogP) is 3.83. The van der Waals surface area contributed by atoms with Gasteiger partial charge in [0.2, 0.25) is 0 Å². The van der Waals surface area contributed by atoms with Crippen molar-refractivity contribution >= 4 is 0 Å². The molecule has 0 atom stereocenters. The van der Waals surface area contributed by atoms with Crippen LogP contribution in [0.1, 0.15) is 0 Å². The molecular weight excluding hydrogens is 219 g/mol. The molecule has 17 heavy (non-hydrogen) atoms. The van der Waals surface area contributed by atoms with E-state index in [9.17, 15) is 4.39 Å². The number of hydrogen-bond acceptors (Lipinski definition) is 2. The van der Waals surface area contributed by atoms with Crippen molar-refractivity contribution in [1.29, 1.82) is 0 Å². The van der Waals surface area contributed by atoms with E-state index in [0.29, 0.717) is 5.75 Å². The van der Waals surface area contributed by atoms with Crippen molar-refractivity contribution < 1.29 is 13.9 Å². The molecule has 2 aromatic carbocycles. The van der Waals surface area contributed by atoms with Crippen LogP contribution < -0.4 is 9.47 Å². The zero-order valence-corrected chi connectivity index (χ0v) is 9.30. The molecule has 0 spiro atoms. The molecule has 0 unspecified atom stereocenters. The molecule has 0 aliphatic rings. The van der Waals surface area contributed by atoms with E-state index in [-0.39, 0.29) is 6.61 Å². The van der Waals surface area contributed by atoms with Crippen LogP contribution in [-0.4, -0.2) is 13.3 Å². The Morgan fingerprint density at radius 1 is 0.765 bits per heavy atom. The standard InChI is InChI=1S/C14H13FO2/c15-10-11-16-12-6-8-14(9-7-12)17-13-4-2-1-3-5-13/h1-9H,10-11H2. The Hall–Kier alpha value is -2.03. The number of hydrogen-bond donors (Lipinski definition) is 0. The Labute approximate surface area is 99.6 Å². The highest BCUT2D eigenvalue weighted by molar-refractivity contribution is 5.35. The molecule has 0 aliphatic heterocycles. The number of benzene rings is 2. The minimum absolute atomic E-state index is 0.0822. The highest BCUT2D eigenvalue weighted by Crippen LogP contribution is 2.23. The van der Waals surface area contributed by atoms with Crippen LogP contribution >= 0.6 is 0 Å². The fraction of sp³-hybridized carbons (Fsp3) is 0.143. The first-order chi connectivity index (χ1) is 8.38. The monoisotopic (exact) mass is 232 g/mol. The van der Waals surface area contributed by atoms with E-state index in [4.69, 9.17) is 9.47 Å². The Morgan fingerprint density at radius 3 is 2.00 bits per heavy atom. The van der Waals surface area contributed by atoms with Gasteiger partial charge in [-0.15, -0.1) is 0 Å². The van der Waals surface area contributed by atoms with Crippen LogP contribution in [0.5, 0.6) is 17.2 Å². The second-order valence-electron chi connectivity index (χ2n) is 3.42. The molecule has 0 heterocycles. The van der Waals surface area contributed by atoms with E-state index < -0.39 is 6.67 Å². The average molecular weight is 232 g/mol. The Balaban J connectivity index is 1.98. The maximum Gasteiger partial charge on any atom is 0.127 e. The summed E-state index contributed by atoms with van der Waals surface area (Å²) in [4.78, 5) is 0. The molecule has 0 radical (unpaired) electrons. The van der Waals surface area contributed by atoms with E-state index in [1.807, 2.05) is 30.3 Å². The van der Waals surface area contributed by atoms with Gasteiger partial charge in [0.15, 0.2) is 0 Å². The number of para-hydroxylation sites is 1. The van der Waals surface area contributed by atoms with Crippen molar-refractivity contribution in [2.45, 2.75) is 0 Å². The number of halogens is 1. The predicted molar refractivity (Wildman–Crippen MR) is 64.4 cm³/mol. The van der Waals surface area contributed by atoms with Gasteiger partial charge < -0.3 is 9.47 Å². The SMILES string of the molecule is FCCOc1ccc(Oc2ccccc2)cc1. The van der Waals surface area contributed by atoms with Crippen LogP contribution in [0.15, 0.2) is 54.6 Å². The Kier molecular flexibility index (Phi) is 3.97. The van der Waals surface area contributed by atoms with E-state index in [2.05, 4.69) is 0 Å². The minimum Gasteiger partial charge on any atom is -0.491 e. The highest BCUT2D eigenvalue weighted by atomic mass is 19.1. The van der Waals surface area contributed by atoms with Crippen LogP contribution in [0.25, 0.3) is 0 Å². The zero-order chi connectivity index (χ0) is 11.9. The molecule has 88 valence electrons. The summed E-state index contributed by atoms with van der Waals surface area (Å²) in [6, 6.07) is 16.6. The van der Waals surface area contributed by atoms with E-state index in [1.165, 1.54) is 0 Å². The molecule has 0 aromatic heterocycles. The molecule has 3 heteroatoms. The van der Waals surface area contributed by atoms with Crippen LogP contribution in [0.3, 0.4) is 0 Å². The van der Waals surface area contributed by atoms with Gasteiger partial charge >= 0.3 is 0 Å². The molecule has 0 fully saturated rings. The summed E-state index contributed by atoms with van der Waals surface area (Å²) in [6.45, 7) is -0.402. The van der Waals surface area contributed by atoms with Crippen LogP contribution in [0, 0.1) is 0 Å².